The molecule has 11 heteroatoms. The molecule has 1 aromatic carbocycles. The van der Waals surface area contributed by atoms with Gasteiger partial charge in [0.1, 0.15) is 19.0 Å². The van der Waals surface area contributed by atoms with Gasteiger partial charge in [-0.25, -0.2) is 4.79 Å². The number of nitro groups is 1. The first-order chi connectivity index (χ1) is 14.0. The first kappa shape index (κ1) is 19.9. The third-order valence-electron chi connectivity index (χ3n) is 3.86. The van der Waals surface area contributed by atoms with Crippen LogP contribution in [-0.4, -0.2) is 40.8 Å². The first-order valence-electron chi connectivity index (χ1n) is 8.75. The third kappa shape index (κ3) is 4.69. The number of ether oxygens (including phenoxy) is 3. The predicted octanol–water partition coefficient (Wildman–Crippen LogP) is 2.46. The number of amides is 1. The van der Waals surface area contributed by atoms with Crippen molar-refractivity contribution >= 4 is 23.4 Å². The average Bonchev–Trinajstić information content (AvgIpc) is 2.68. The minimum absolute atomic E-state index is 0.0669. The number of benzene rings is 1. The molecule has 1 amide bonds. The molecular weight excluding hydrogens is 382 g/mol. The SMILES string of the molecule is CCOC(=O)N1Cc2cccc(c2)OC/C=C\COc2nc(N)c([N+](=O)[O-])c1n2. The van der Waals surface area contributed by atoms with Crippen LogP contribution in [0.25, 0.3) is 0 Å². The summed E-state index contributed by atoms with van der Waals surface area (Å²) in [5.41, 5.74) is 5.81. The summed E-state index contributed by atoms with van der Waals surface area (Å²) in [5, 5.41) is 11.6. The largest absolute Gasteiger partial charge is 0.490 e. The molecule has 0 fully saturated rings. The summed E-state index contributed by atoms with van der Waals surface area (Å²) in [6.45, 7) is 2.02. The molecule has 0 saturated heterocycles. The second-order valence-corrected chi connectivity index (χ2v) is 5.85. The van der Waals surface area contributed by atoms with Gasteiger partial charge in [-0.05, 0) is 36.8 Å². The van der Waals surface area contributed by atoms with Crippen molar-refractivity contribution in [3.05, 3.63) is 52.1 Å². The molecule has 0 radical (unpaired) electrons. The summed E-state index contributed by atoms with van der Waals surface area (Å²) in [5.74, 6) is -0.160. The van der Waals surface area contributed by atoms with Gasteiger partial charge in [-0.3, -0.25) is 15.0 Å². The highest BCUT2D eigenvalue weighted by atomic mass is 16.6. The fraction of sp³-hybridized carbons (Fsp3) is 0.278. The van der Waals surface area contributed by atoms with E-state index in [-0.39, 0.29) is 31.6 Å². The Bertz CT molecular complexity index is 948. The van der Waals surface area contributed by atoms with Gasteiger partial charge >= 0.3 is 17.8 Å². The van der Waals surface area contributed by atoms with Crippen LogP contribution in [0.3, 0.4) is 0 Å². The molecular formula is C18H19N5O6. The van der Waals surface area contributed by atoms with Crippen molar-refractivity contribution in [1.82, 2.24) is 9.97 Å². The third-order valence-corrected chi connectivity index (χ3v) is 3.86. The molecule has 29 heavy (non-hydrogen) atoms. The van der Waals surface area contributed by atoms with Gasteiger partial charge in [0.15, 0.2) is 0 Å². The topological polar surface area (TPSA) is 143 Å². The number of nitrogens with zero attached hydrogens (tertiary/aromatic N) is 4. The monoisotopic (exact) mass is 401 g/mol. The van der Waals surface area contributed by atoms with Crippen LogP contribution in [0.15, 0.2) is 36.4 Å². The molecule has 2 aromatic rings. The fourth-order valence-corrected chi connectivity index (χ4v) is 2.61. The second-order valence-electron chi connectivity index (χ2n) is 5.85. The van der Waals surface area contributed by atoms with E-state index in [1.807, 2.05) is 0 Å². The molecule has 152 valence electrons. The van der Waals surface area contributed by atoms with Crippen LogP contribution in [0.5, 0.6) is 11.8 Å². The summed E-state index contributed by atoms with van der Waals surface area (Å²) in [7, 11) is 0. The van der Waals surface area contributed by atoms with Gasteiger partial charge in [-0.2, -0.15) is 9.97 Å². The predicted molar refractivity (Wildman–Crippen MR) is 103 cm³/mol. The lowest BCUT2D eigenvalue weighted by atomic mass is 10.2. The lowest BCUT2D eigenvalue weighted by Gasteiger charge is -2.22. The maximum absolute atomic E-state index is 12.6. The summed E-state index contributed by atoms with van der Waals surface area (Å²) < 4.78 is 16.1. The number of hydrogen-bond donors (Lipinski definition) is 1. The minimum Gasteiger partial charge on any atom is -0.490 e. The molecule has 4 bridgehead atoms. The molecule has 0 unspecified atom stereocenters. The number of hydrogen-bond acceptors (Lipinski definition) is 9. The first-order valence-corrected chi connectivity index (χ1v) is 8.75. The van der Waals surface area contributed by atoms with E-state index < -0.39 is 22.5 Å². The molecule has 1 aromatic heterocycles. The summed E-state index contributed by atoms with van der Waals surface area (Å²) in [6, 6.07) is 6.78. The number of anilines is 2. The lowest BCUT2D eigenvalue weighted by molar-refractivity contribution is -0.383. The molecule has 1 aliphatic heterocycles. The average molecular weight is 401 g/mol. The molecule has 0 aliphatic carbocycles. The summed E-state index contributed by atoms with van der Waals surface area (Å²) in [6.07, 6.45) is 2.61. The summed E-state index contributed by atoms with van der Waals surface area (Å²) >= 11 is 0. The Labute approximate surface area is 165 Å². The van der Waals surface area contributed by atoms with Crippen molar-refractivity contribution in [2.24, 2.45) is 0 Å². The Kier molecular flexibility index (Phi) is 6.07. The lowest BCUT2D eigenvalue weighted by Crippen LogP contribution is -2.33. The fourth-order valence-electron chi connectivity index (χ4n) is 2.61. The number of carbonyl (C=O) groups excluding carboxylic acids is 1. The molecule has 2 heterocycles. The zero-order valence-electron chi connectivity index (χ0n) is 15.6. The van der Waals surface area contributed by atoms with Crippen LogP contribution < -0.4 is 20.1 Å². The highest BCUT2D eigenvalue weighted by molar-refractivity contribution is 5.90. The van der Waals surface area contributed by atoms with E-state index in [9.17, 15) is 14.9 Å². The van der Waals surface area contributed by atoms with E-state index in [2.05, 4.69) is 9.97 Å². The van der Waals surface area contributed by atoms with Gasteiger partial charge in [-0.15, -0.1) is 0 Å². The molecule has 0 spiro atoms. The maximum atomic E-state index is 12.6. The van der Waals surface area contributed by atoms with E-state index in [0.717, 1.165) is 4.90 Å². The Morgan fingerprint density at radius 2 is 2.07 bits per heavy atom. The number of nitrogen functional groups attached to an aromatic ring is 1. The van der Waals surface area contributed by atoms with Crippen LogP contribution in [-0.2, 0) is 11.3 Å². The number of rotatable bonds is 2. The van der Waals surface area contributed by atoms with Crippen molar-refractivity contribution < 1.29 is 23.9 Å². The number of fused-ring (bicyclic) bond motifs is 4. The van der Waals surface area contributed by atoms with Gasteiger partial charge < -0.3 is 19.9 Å². The molecule has 3 rings (SSSR count). The molecule has 0 saturated carbocycles. The molecule has 2 N–H and O–H groups in total. The highest BCUT2D eigenvalue weighted by Gasteiger charge is 2.32. The van der Waals surface area contributed by atoms with Crippen LogP contribution in [0.1, 0.15) is 12.5 Å². The van der Waals surface area contributed by atoms with E-state index in [1.165, 1.54) is 0 Å². The van der Waals surface area contributed by atoms with Crippen molar-refractivity contribution in [1.29, 1.82) is 0 Å². The van der Waals surface area contributed by atoms with Crippen molar-refractivity contribution in [3.63, 3.8) is 0 Å². The Hall–Kier alpha value is -3.89. The van der Waals surface area contributed by atoms with E-state index >= 15 is 0 Å². The summed E-state index contributed by atoms with van der Waals surface area (Å²) in [4.78, 5) is 32.4. The standard InChI is InChI=1S/C18H19N5O6/c1-2-27-18(24)22-11-12-6-5-7-13(10-12)28-8-3-4-9-29-17-20-15(19)14(23(25)26)16(22)21-17/h3-7,10H,2,8-9,11H2,1H3,(H2,19,20,21)/b4-3-. The number of aromatic nitrogens is 2. The Morgan fingerprint density at radius 3 is 2.79 bits per heavy atom. The van der Waals surface area contributed by atoms with Crippen LogP contribution in [0, 0.1) is 10.1 Å². The van der Waals surface area contributed by atoms with Gasteiger partial charge in [0.2, 0.25) is 11.6 Å². The smallest absolute Gasteiger partial charge is 0.415 e. The van der Waals surface area contributed by atoms with E-state index in [4.69, 9.17) is 19.9 Å². The maximum Gasteiger partial charge on any atom is 0.415 e. The van der Waals surface area contributed by atoms with Crippen LogP contribution in [0.2, 0.25) is 0 Å². The highest BCUT2D eigenvalue weighted by Crippen LogP contribution is 2.34. The van der Waals surface area contributed by atoms with E-state index in [1.54, 1.807) is 43.3 Å². The van der Waals surface area contributed by atoms with Crippen molar-refractivity contribution in [2.45, 2.75) is 13.5 Å². The van der Waals surface area contributed by atoms with Crippen molar-refractivity contribution in [2.75, 3.05) is 30.5 Å². The van der Waals surface area contributed by atoms with Crippen LogP contribution >= 0.6 is 0 Å². The van der Waals surface area contributed by atoms with Crippen LogP contribution in [0.4, 0.5) is 22.1 Å². The van der Waals surface area contributed by atoms with Gasteiger partial charge in [-0.1, -0.05) is 12.1 Å². The zero-order chi connectivity index (χ0) is 20.8. The quantitative estimate of drug-likeness (QED) is 0.456. The minimum atomic E-state index is -0.821. The zero-order valence-corrected chi connectivity index (χ0v) is 15.6. The van der Waals surface area contributed by atoms with E-state index in [0.29, 0.717) is 17.9 Å². The second kappa shape index (κ2) is 8.87. The van der Waals surface area contributed by atoms with Crippen molar-refractivity contribution in [3.8, 4) is 11.8 Å². The normalized spacial score (nSPS) is 14.7. The Morgan fingerprint density at radius 1 is 1.31 bits per heavy atom. The van der Waals surface area contributed by atoms with Gasteiger partial charge in [0.25, 0.3) is 0 Å². The van der Waals surface area contributed by atoms with Gasteiger partial charge in [0, 0.05) is 0 Å². The van der Waals surface area contributed by atoms with Gasteiger partial charge in [0.05, 0.1) is 18.1 Å². The number of carbonyl (C=O) groups is 1. The molecule has 0 atom stereocenters. The molecule has 1 aliphatic rings. The molecule has 11 nitrogen and oxygen atoms in total. The Balaban J connectivity index is 2.16. The number of nitrogens with two attached hydrogens (primary N) is 1.